The molecule has 0 bridgehead atoms. The number of benzene rings is 3. The minimum atomic E-state index is -0.875. The molecule has 0 aromatic heterocycles. The largest absolute Gasteiger partial charge is 0.508 e. The molecule has 1 aliphatic heterocycles. The molecule has 1 fully saturated rings. The Balaban J connectivity index is 1.40. The van der Waals surface area contributed by atoms with Crippen LogP contribution in [0.2, 0.25) is 0 Å². The predicted octanol–water partition coefficient (Wildman–Crippen LogP) is 3.71. The van der Waals surface area contributed by atoms with Gasteiger partial charge in [-0.25, -0.2) is 9.59 Å². The number of nitrogens with zero attached hydrogens (tertiary/aromatic N) is 2. The highest BCUT2D eigenvalue weighted by atomic mass is 16.5. The molecule has 0 saturated carbocycles. The summed E-state index contributed by atoms with van der Waals surface area (Å²) in [6.07, 6.45) is 1.01. The number of carbonyl (C=O) groups is 3. The Hall–Kier alpha value is -4.88. The number of urea groups is 1. The van der Waals surface area contributed by atoms with E-state index in [1.807, 2.05) is 18.2 Å². The molecule has 1 aliphatic rings. The number of aromatic hydroxyl groups is 1. The van der Waals surface area contributed by atoms with Crippen molar-refractivity contribution >= 4 is 23.6 Å². The number of phenolic OH excluding ortho intramolecular Hbond substituents is 1. The highest BCUT2D eigenvalue weighted by Gasteiger charge is 2.36. The molecule has 10 heteroatoms. The van der Waals surface area contributed by atoms with Gasteiger partial charge >= 0.3 is 12.0 Å². The molecular weight excluding hydrogens is 534 g/mol. The number of hydrogen-bond donors (Lipinski definition) is 4. The molecule has 4 rings (SSSR count). The van der Waals surface area contributed by atoms with E-state index in [4.69, 9.17) is 4.74 Å². The maximum absolute atomic E-state index is 13.5. The van der Waals surface area contributed by atoms with Crippen LogP contribution >= 0.6 is 0 Å². The van der Waals surface area contributed by atoms with E-state index in [9.17, 15) is 24.8 Å². The topological polar surface area (TPSA) is 141 Å². The standard InChI is InChI=1S/C32H35N5O5/c1-3-42-31(40)25-9-11-26(12-10-25)35-32(41)36-29(18-22-7-13-28(38)14-8-22)30(39)34-27-15-16-37(2,21-27)20-24-6-4-5-23(17-24)19-33/h4-14,17,27,29H,3,15-16,18,20-21H2,1-2H3,(H3-,34,35,36,38,39,40,41)/p+1/t27-,29-,37?/m0/s1. The number of quaternary nitrogens is 1. The van der Waals surface area contributed by atoms with E-state index < -0.39 is 18.0 Å². The fraction of sp³-hybridized carbons (Fsp3) is 0.312. The highest BCUT2D eigenvalue weighted by Crippen LogP contribution is 2.22. The summed E-state index contributed by atoms with van der Waals surface area (Å²) in [7, 11) is 2.14. The number of nitriles is 1. The molecule has 1 heterocycles. The molecule has 0 spiro atoms. The third kappa shape index (κ3) is 8.32. The average molecular weight is 571 g/mol. The second-order valence-electron chi connectivity index (χ2n) is 10.8. The summed E-state index contributed by atoms with van der Waals surface area (Å²) in [5.41, 5.74) is 3.29. The van der Waals surface area contributed by atoms with Crippen LogP contribution in [0.1, 0.15) is 40.4 Å². The molecule has 4 N–H and O–H groups in total. The van der Waals surface area contributed by atoms with Crippen molar-refractivity contribution in [3.05, 3.63) is 95.1 Å². The van der Waals surface area contributed by atoms with Crippen molar-refractivity contribution in [2.75, 3.05) is 32.1 Å². The van der Waals surface area contributed by atoms with E-state index >= 15 is 0 Å². The van der Waals surface area contributed by atoms with Crippen molar-refractivity contribution in [1.29, 1.82) is 5.26 Å². The zero-order valence-electron chi connectivity index (χ0n) is 23.8. The lowest BCUT2D eigenvalue weighted by molar-refractivity contribution is -0.911. The number of likely N-dealkylation sites (N-methyl/N-ethyl adjacent to an activating group) is 1. The minimum Gasteiger partial charge on any atom is -0.508 e. The van der Waals surface area contributed by atoms with Crippen LogP contribution in [0.4, 0.5) is 10.5 Å². The number of phenols is 1. The number of rotatable bonds is 10. The van der Waals surface area contributed by atoms with Gasteiger partial charge in [0.15, 0.2) is 0 Å². The Kier molecular flexibility index (Phi) is 9.78. The SMILES string of the molecule is CCOC(=O)c1ccc(NC(=O)N[C@@H](Cc2ccc(O)cc2)C(=O)N[C@H]2CC[N+](C)(Cc3cccc(C#N)c3)C2)cc1. The number of likely N-dealkylation sites (tertiary alicyclic amines) is 1. The maximum Gasteiger partial charge on any atom is 0.338 e. The number of anilines is 1. The average Bonchev–Trinajstić information content (AvgIpc) is 3.33. The molecule has 1 saturated heterocycles. The molecule has 3 aromatic carbocycles. The van der Waals surface area contributed by atoms with E-state index in [2.05, 4.69) is 29.1 Å². The Bertz CT molecular complexity index is 1450. The second kappa shape index (κ2) is 13.7. The Morgan fingerprint density at radius 3 is 2.50 bits per heavy atom. The third-order valence-electron chi connectivity index (χ3n) is 7.30. The molecule has 3 amide bonds. The van der Waals surface area contributed by atoms with Gasteiger partial charge in [-0.1, -0.05) is 24.3 Å². The first kappa shape index (κ1) is 30.1. The molecule has 3 aromatic rings. The quantitative estimate of drug-likeness (QED) is 0.216. The lowest BCUT2D eigenvalue weighted by Gasteiger charge is -2.30. The van der Waals surface area contributed by atoms with Crippen LogP contribution < -0.4 is 16.0 Å². The van der Waals surface area contributed by atoms with Gasteiger partial charge in [0.1, 0.15) is 18.3 Å². The van der Waals surface area contributed by atoms with Crippen LogP contribution in [-0.2, 0) is 22.5 Å². The predicted molar refractivity (Wildman–Crippen MR) is 157 cm³/mol. The Labute approximate surface area is 245 Å². The van der Waals surface area contributed by atoms with Crippen LogP contribution in [0.3, 0.4) is 0 Å². The molecule has 218 valence electrons. The van der Waals surface area contributed by atoms with Crippen molar-refractivity contribution in [2.24, 2.45) is 0 Å². The van der Waals surface area contributed by atoms with Gasteiger partial charge < -0.3 is 30.3 Å². The number of nitrogens with one attached hydrogen (secondary N) is 3. The van der Waals surface area contributed by atoms with Crippen molar-refractivity contribution in [2.45, 2.75) is 38.4 Å². The summed E-state index contributed by atoms with van der Waals surface area (Å²) in [5.74, 6) is -0.641. The van der Waals surface area contributed by atoms with Crippen molar-refractivity contribution in [1.82, 2.24) is 10.6 Å². The fourth-order valence-corrected chi connectivity index (χ4v) is 5.23. The van der Waals surface area contributed by atoms with E-state index in [-0.39, 0.29) is 30.7 Å². The number of hydrogen-bond acceptors (Lipinski definition) is 6. The monoisotopic (exact) mass is 570 g/mol. The van der Waals surface area contributed by atoms with Crippen LogP contribution in [0.25, 0.3) is 0 Å². The number of carbonyl (C=O) groups excluding carboxylic acids is 3. The number of esters is 1. The Morgan fingerprint density at radius 1 is 1.07 bits per heavy atom. The fourth-order valence-electron chi connectivity index (χ4n) is 5.23. The van der Waals surface area contributed by atoms with E-state index in [1.165, 1.54) is 12.1 Å². The molecule has 10 nitrogen and oxygen atoms in total. The molecule has 3 atom stereocenters. The normalized spacial score (nSPS) is 18.4. The summed E-state index contributed by atoms with van der Waals surface area (Å²) < 4.78 is 5.71. The van der Waals surface area contributed by atoms with Crippen molar-refractivity contribution in [3.63, 3.8) is 0 Å². The zero-order chi connectivity index (χ0) is 30.1. The molecular formula is C32H36N5O5+. The highest BCUT2D eigenvalue weighted by molar-refractivity contribution is 5.95. The Morgan fingerprint density at radius 2 is 1.81 bits per heavy atom. The molecule has 1 unspecified atom stereocenters. The second-order valence-corrected chi connectivity index (χ2v) is 10.8. The van der Waals surface area contributed by atoms with Crippen LogP contribution in [0.15, 0.2) is 72.8 Å². The number of amides is 3. The molecule has 0 radical (unpaired) electrons. The van der Waals surface area contributed by atoms with Crippen LogP contribution in [0.5, 0.6) is 5.75 Å². The van der Waals surface area contributed by atoms with Crippen LogP contribution in [0, 0.1) is 11.3 Å². The first-order chi connectivity index (χ1) is 20.2. The van der Waals surface area contributed by atoms with Gasteiger partial charge in [0, 0.05) is 24.1 Å². The van der Waals surface area contributed by atoms with Crippen molar-refractivity contribution in [3.8, 4) is 11.8 Å². The summed E-state index contributed by atoms with van der Waals surface area (Å²) in [6.45, 7) is 4.31. The molecule has 0 aliphatic carbocycles. The first-order valence-electron chi connectivity index (χ1n) is 13.9. The van der Waals surface area contributed by atoms with E-state index in [0.717, 1.165) is 35.1 Å². The van der Waals surface area contributed by atoms with Crippen molar-refractivity contribution < 1.29 is 28.7 Å². The third-order valence-corrected chi connectivity index (χ3v) is 7.30. The van der Waals surface area contributed by atoms with Gasteiger partial charge in [0.05, 0.1) is 50.0 Å². The van der Waals surface area contributed by atoms with Gasteiger partial charge in [-0.05, 0) is 61.0 Å². The van der Waals surface area contributed by atoms with Gasteiger partial charge in [-0.15, -0.1) is 0 Å². The van der Waals surface area contributed by atoms with Gasteiger partial charge in [0.2, 0.25) is 5.91 Å². The first-order valence-corrected chi connectivity index (χ1v) is 13.9. The summed E-state index contributed by atoms with van der Waals surface area (Å²) in [4.78, 5) is 38.3. The van der Waals surface area contributed by atoms with Crippen LogP contribution in [-0.4, -0.2) is 66.3 Å². The number of ether oxygens (including phenoxy) is 1. The molecule has 42 heavy (non-hydrogen) atoms. The summed E-state index contributed by atoms with van der Waals surface area (Å²) in [6, 6.07) is 21.0. The maximum atomic E-state index is 13.5. The smallest absolute Gasteiger partial charge is 0.338 e. The lowest BCUT2D eigenvalue weighted by Crippen LogP contribution is -2.53. The van der Waals surface area contributed by atoms with E-state index in [0.29, 0.717) is 23.4 Å². The van der Waals surface area contributed by atoms with Gasteiger partial charge in [0.25, 0.3) is 0 Å². The summed E-state index contributed by atoms with van der Waals surface area (Å²) >= 11 is 0. The minimum absolute atomic E-state index is 0.0794. The van der Waals surface area contributed by atoms with E-state index in [1.54, 1.807) is 49.4 Å². The van der Waals surface area contributed by atoms with Gasteiger partial charge in [-0.3, -0.25) is 4.79 Å². The summed E-state index contributed by atoms with van der Waals surface area (Å²) in [5, 5.41) is 27.5. The lowest BCUT2D eigenvalue weighted by atomic mass is 10.0. The van der Waals surface area contributed by atoms with Gasteiger partial charge in [-0.2, -0.15) is 5.26 Å². The zero-order valence-corrected chi connectivity index (χ0v) is 23.8.